The molecule has 3 aromatic rings. The average Bonchev–Trinajstić information content (AvgIpc) is 3.26. The molecule has 3 aromatic heterocycles. The topological polar surface area (TPSA) is 88.3 Å². The zero-order valence-corrected chi connectivity index (χ0v) is 14.5. The van der Waals surface area contributed by atoms with Gasteiger partial charge in [0.05, 0.1) is 17.9 Å². The molecule has 0 radical (unpaired) electrons. The molecule has 8 heteroatoms. The highest BCUT2D eigenvalue weighted by atomic mass is 16.2. The highest BCUT2D eigenvalue weighted by Gasteiger charge is 2.43. The molecule has 0 spiro atoms. The summed E-state index contributed by atoms with van der Waals surface area (Å²) >= 11 is 0. The van der Waals surface area contributed by atoms with E-state index in [1.54, 1.807) is 29.0 Å². The monoisotopic (exact) mass is 349 g/mol. The lowest BCUT2D eigenvalue weighted by Gasteiger charge is -2.35. The van der Waals surface area contributed by atoms with Gasteiger partial charge in [0.25, 0.3) is 0 Å². The van der Waals surface area contributed by atoms with Gasteiger partial charge in [0.2, 0.25) is 0 Å². The average molecular weight is 349 g/mol. The molecule has 0 aromatic carbocycles. The summed E-state index contributed by atoms with van der Waals surface area (Å²) in [5, 5.41) is 7.23. The molecule has 132 valence electrons. The van der Waals surface area contributed by atoms with E-state index in [4.69, 9.17) is 4.98 Å². The number of rotatable bonds is 2. The highest BCUT2D eigenvalue weighted by molar-refractivity contribution is 5.89. The van der Waals surface area contributed by atoms with Crippen LogP contribution in [0.3, 0.4) is 0 Å². The first kappa shape index (κ1) is 15.2. The molecule has 5 rings (SSSR count). The summed E-state index contributed by atoms with van der Waals surface area (Å²) in [6.07, 6.45) is 8.81. The number of urea groups is 1. The van der Waals surface area contributed by atoms with Crippen molar-refractivity contribution >= 4 is 17.5 Å². The Balaban J connectivity index is 1.45. The Morgan fingerprint density at radius 2 is 2.19 bits per heavy atom. The van der Waals surface area contributed by atoms with Gasteiger partial charge in [-0.15, -0.1) is 0 Å². The van der Waals surface area contributed by atoms with E-state index in [2.05, 4.69) is 27.3 Å². The van der Waals surface area contributed by atoms with E-state index in [0.717, 1.165) is 42.8 Å². The molecule has 1 saturated heterocycles. The number of hydrogen-bond acceptors (Lipinski definition) is 5. The summed E-state index contributed by atoms with van der Waals surface area (Å²) in [4.78, 5) is 28.4. The van der Waals surface area contributed by atoms with Gasteiger partial charge in [-0.05, 0) is 18.9 Å². The lowest BCUT2D eigenvalue weighted by Crippen LogP contribution is -2.44. The molecule has 2 atom stereocenters. The van der Waals surface area contributed by atoms with Crippen molar-refractivity contribution < 1.29 is 4.79 Å². The van der Waals surface area contributed by atoms with Crippen LogP contribution in [0.15, 0.2) is 30.7 Å². The summed E-state index contributed by atoms with van der Waals surface area (Å²) in [7, 11) is 0. The fraction of sp³-hybridized carbons (Fsp3) is 0.389. The molecule has 0 aliphatic carbocycles. The number of amides is 2. The minimum absolute atomic E-state index is 0.0459. The van der Waals surface area contributed by atoms with Crippen LogP contribution in [-0.2, 0) is 12.8 Å². The van der Waals surface area contributed by atoms with E-state index in [1.165, 1.54) is 0 Å². The molecule has 2 aliphatic rings. The zero-order chi connectivity index (χ0) is 17.7. The van der Waals surface area contributed by atoms with Gasteiger partial charge in [-0.25, -0.2) is 19.7 Å². The third kappa shape index (κ3) is 2.25. The van der Waals surface area contributed by atoms with Gasteiger partial charge in [-0.2, -0.15) is 9.61 Å². The molecule has 2 amide bonds. The Kier molecular flexibility index (Phi) is 3.37. The first-order valence-electron chi connectivity index (χ1n) is 8.97. The Bertz CT molecular complexity index is 998. The van der Waals surface area contributed by atoms with Gasteiger partial charge in [-0.1, -0.05) is 6.92 Å². The Hall–Kier alpha value is -3.03. The van der Waals surface area contributed by atoms with Crippen LogP contribution >= 0.6 is 0 Å². The maximum atomic E-state index is 13.0. The van der Waals surface area contributed by atoms with Gasteiger partial charge < -0.3 is 4.90 Å². The molecule has 2 bridgehead atoms. The number of anilines is 1. The van der Waals surface area contributed by atoms with Crippen molar-refractivity contribution in [1.29, 1.82) is 0 Å². The Labute approximate surface area is 150 Å². The maximum absolute atomic E-state index is 13.0. The fourth-order valence-electron chi connectivity index (χ4n) is 4.10. The van der Waals surface area contributed by atoms with E-state index in [-0.39, 0.29) is 18.1 Å². The molecule has 8 nitrogen and oxygen atoms in total. The second kappa shape index (κ2) is 5.76. The minimum atomic E-state index is -0.106. The standard InChI is InChI=1S/C18H19N7O/c1-2-15-20-10-12-13(22-15)9-11-3-4-14(12)24(11)18(26)23-17-5-7-19-16-6-8-21-25(16)17/h5-8,10-11,14H,2-4,9H2,1H3,(H,23,26). The lowest BCUT2D eigenvalue weighted by atomic mass is 9.99. The van der Waals surface area contributed by atoms with Crippen molar-refractivity contribution in [2.75, 3.05) is 5.32 Å². The predicted octanol–water partition coefficient (Wildman–Crippen LogP) is 2.38. The third-order valence-corrected chi connectivity index (χ3v) is 5.32. The Morgan fingerprint density at radius 3 is 3.08 bits per heavy atom. The molecule has 2 unspecified atom stereocenters. The minimum Gasteiger partial charge on any atom is -0.314 e. The molecule has 1 N–H and O–H groups in total. The van der Waals surface area contributed by atoms with Crippen LogP contribution < -0.4 is 5.32 Å². The second-order valence-electron chi connectivity index (χ2n) is 6.76. The van der Waals surface area contributed by atoms with Gasteiger partial charge in [-0.3, -0.25) is 5.32 Å². The number of nitrogens with zero attached hydrogens (tertiary/aromatic N) is 6. The number of hydrogen-bond donors (Lipinski definition) is 1. The van der Waals surface area contributed by atoms with E-state index in [0.29, 0.717) is 11.5 Å². The summed E-state index contributed by atoms with van der Waals surface area (Å²) in [6.45, 7) is 2.06. The molecule has 5 heterocycles. The van der Waals surface area contributed by atoms with Gasteiger partial charge >= 0.3 is 6.03 Å². The highest BCUT2D eigenvalue weighted by Crippen LogP contribution is 2.43. The number of nitrogens with one attached hydrogen (secondary N) is 1. The molecular formula is C18H19N7O. The van der Waals surface area contributed by atoms with Crippen LogP contribution in [0.25, 0.3) is 5.65 Å². The van der Waals surface area contributed by atoms with E-state index < -0.39 is 0 Å². The summed E-state index contributed by atoms with van der Waals surface area (Å²) < 4.78 is 1.63. The fourth-order valence-corrected chi connectivity index (χ4v) is 4.10. The van der Waals surface area contributed by atoms with Crippen LogP contribution in [0.1, 0.15) is 42.9 Å². The number of aromatic nitrogens is 5. The number of fused-ring (bicyclic) bond motifs is 5. The SMILES string of the molecule is CCc1ncc2c(n1)CC1CCC2N1C(=O)Nc1ccnc2ccnn12. The Morgan fingerprint density at radius 1 is 1.27 bits per heavy atom. The molecule has 2 aliphatic heterocycles. The van der Waals surface area contributed by atoms with Crippen LogP contribution in [0.5, 0.6) is 0 Å². The maximum Gasteiger partial charge on any atom is 0.323 e. The third-order valence-electron chi connectivity index (χ3n) is 5.32. The van der Waals surface area contributed by atoms with Crippen LogP contribution in [-0.4, -0.2) is 41.5 Å². The van der Waals surface area contributed by atoms with Crippen molar-refractivity contribution in [3.8, 4) is 0 Å². The largest absolute Gasteiger partial charge is 0.323 e. The first-order chi connectivity index (χ1) is 12.7. The zero-order valence-electron chi connectivity index (χ0n) is 14.5. The smallest absolute Gasteiger partial charge is 0.314 e. The second-order valence-corrected chi connectivity index (χ2v) is 6.76. The quantitative estimate of drug-likeness (QED) is 0.767. The first-order valence-corrected chi connectivity index (χ1v) is 8.97. The predicted molar refractivity (Wildman–Crippen MR) is 94.7 cm³/mol. The number of carbonyl (C=O) groups is 1. The van der Waals surface area contributed by atoms with Crippen LogP contribution in [0, 0.1) is 0 Å². The van der Waals surface area contributed by atoms with Gasteiger partial charge in [0.1, 0.15) is 11.6 Å². The number of aryl methyl sites for hydroxylation is 1. The summed E-state index contributed by atoms with van der Waals surface area (Å²) in [5.41, 5.74) is 2.90. The molecule has 1 fully saturated rings. The van der Waals surface area contributed by atoms with Gasteiger partial charge in [0.15, 0.2) is 5.65 Å². The molecule has 26 heavy (non-hydrogen) atoms. The summed E-state index contributed by atoms with van der Waals surface area (Å²) in [5.74, 6) is 1.49. The normalized spacial score (nSPS) is 21.0. The van der Waals surface area contributed by atoms with Crippen molar-refractivity contribution in [1.82, 2.24) is 29.5 Å². The van der Waals surface area contributed by atoms with E-state index in [9.17, 15) is 4.79 Å². The van der Waals surface area contributed by atoms with Crippen molar-refractivity contribution in [2.45, 2.75) is 44.7 Å². The van der Waals surface area contributed by atoms with Crippen LogP contribution in [0.4, 0.5) is 10.6 Å². The molecule has 0 saturated carbocycles. The summed E-state index contributed by atoms with van der Waals surface area (Å²) in [6, 6.07) is 3.69. The van der Waals surface area contributed by atoms with E-state index >= 15 is 0 Å². The number of carbonyl (C=O) groups excluding carboxylic acids is 1. The molecular weight excluding hydrogens is 330 g/mol. The van der Waals surface area contributed by atoms with Crippen molar-refractivity contribution in [3.05, 3.63) is 47.8 Å². The van der Waals surface area contributed by atoms with Crippen molar-refractivity contribution in [3.63, 3.8) is 0 Å². The van der Waals surface area contributed by atoms with Gasteiger partial charge in [0, 0.05) is 42.9 Å². The van der Waals surface area contributed by atoms with Crippen LogP contribution in [0.2, 0.25) is 0 Å². The lowest BCUT2D eigenvalue weighted by molar-refractivity contribution is 0.178. The van der Waals surface area contributed by atoms with E-state index in [1.807, 2.05) is 11.1 Å². The van der Waals surface area contributed by atoms with Crippen molar-refractivity contribution in [2.24, 2.45) is 0 Å².